The molecular formula is C17H15NO4. The Labute approximate surface area is 127 Å². The summed E-state index contributed by atoms with van der Waals surface area (Å²) in [5, 5.41) is 13.1. The molecule has 1 aliphatic rings. The SMILES string of the molecule is CCc1ccc(NC(=O)C2(O)OC(=O)c3ccccc32)cc1. The molecule has 112 valence electrons. The van der Waals surface area contributed by atoms with E-state index >= 15 is 0 Å². The highest BCUT2D eigenvalue weighted by Gasteiger charge is 2.50. The summed E-state index contributed by atoms with van der Waals surface area (Å²) in [5.74, 6) is -3.80. The fourth-order valence-corrected chi connectivity index (χ4v) is 2.41. The largest absolute Gasteiger partial charge is 0.415 e. The van der Waals surface area contributed by atoms with Gasteiger partial charge < -0.3 is 15.2 Å². The molecule has 0 saturated carbocycles. The number of esters is 1. The third-order valence-electron chi connectivity index (χ3n) is 3.68. The van der Waals surface area contributed by atoms with Crippen LogP contribution in [0.25, 0.3) is 0 Å². The van der Waals surface area contributed by atoms with Crippen LogP contribution < -0.4 is 5.32 Å². The second kappa shape index (κ2) is 5.27. The van der Waals surface area contributed by atoms with Gasteiger partial charge in [0.25, 0.3) is 0 Å². The molecular weight excluding hydrogens is 282 g/mol. The number of carbonyl (C=O) groups excluding carboxylic acids is 2. The Bertz CT molecular complexity index is 739. The predicted molar refractivity (Wildman–Crippen MR) is 80.2 cm³/mol. The summed E-state index contributed by atoms with van der Waals surface area (Å²) in [6, 6.07) is 13.5. The van der Waals surface area contributed by atoms with Gasteiger partial charge in [0.1, 0.15) is 0 Å². The molecule has 0 fully saturated rings. The van der Waals surface area contributed by atoms with Crippen LogP contribution in [0.1, 0.15) is 28.4 Å². The first-order valence-electron chi connectivity index (χ1n) is 7.00. The van der Waals surface area contributed by atoms with Crippen molar-refractivity contribution in [3.05, 3.63) is 65.2 Å². The minimum Gasteiger partial charge on any atom is -0.415 e. The molecule has 0 aliphatic carbocycles. The Balaban J connectivity index is 1.87. The van der Waals surface area contributed by atoms with E-state index in [0.717, 1.165) is 12.0 Å². The zero-order chi connectivity index (χ0) is 15.7. The molecule has 5 heteroatoms. The molecule has 1 unspecified atom stereocenters. The summed E-state index contributed by atoms with van der Waals surface area (Å²) in [5.41, 5.74) is 2.01. The summed E-state index contributed by atoms with van der Waals surface area (Å²) in [6.07, 6.45) is 0.892. The third-order valence-corrected chi connectivity index (χ3v) is 3.68. The van der Waals surface area contributed by atoms with E-state index in [1.807, 2.05) is 19.1 Å². The van der Waals surface area contributed by atoms with Crippen LogP contribution in [0.15, 0.2) is 48.5 Å². The van der Waals surface area contributed by atoms with E-state index in [4.69, 9.17) is 4.74 Å². The van der Waals surface area contributed by atoms with Gasteiger partial charge in [-0.05, 0) is 30.2 Å². The number of aryl methyl sites for hydroxylation is 1. The van der Waals surface area contributed by atoms with E-state index in [9.17, 15) is 14.7 Å². The van der Waals surface area contributed by atoms with Crippen molar-refractivity contribution in [2.24, 2.45) is 0 Å². The lowest BCUT2D eigenvalue weighted by atomic mass is 10.0. The predicted octanol–water partition coefficient (Wildman–Crippen LogP) is 2.20. The van der Waals surface area contributed by atoms with E-state index in [0.29, 0.717) is 5.69 Å². The lowest BCUT2D eigenvalue weighted by molar-refractivity contribution is -0.180. The first-order chi connectivity index (χ1) is 10.5. The van der Waals surface area contributed by atoms with Crippen LogP contribution >= 0.6 is 0 Å². The maximum atomic E-state index is 12.4. The number of rotatable bonds is 3. The molecule has 2 aromatic rings. The van der Waals surface area contributed by atoms with Gasteiger partial charge in [-0.1, -0.05) is 37.3 Å². The first kappa shape index (κ1) is 14.3. The number of amides is 1. The van der Waals surface area contributed by atoms with Crippen LogP contribution in [0.3, 0.4) is 0 Å². The Hall–Kier alpha value is -2.66. The average Bonchev–Trinajstić information content (AvgIpc) is 2.81. The lowest BCUT2D eigenvalue weighted by Gasteiger charge is -2.21. The standard InChI is InChI=1S/C17H15NO4/c1-2-11-7-9-12(10-8-11)18-16(20)17(21)14-6-4-3-5-13(14)15(19)22-17/h3-10,21H,2H2,1H3,(H,18,20). The van der Waals surface area contributed by atoms with Gasteiger partial charge in [0.05, 0.1) is 5.56 Å². The molecule has 1 heterocycles. The van der Waals surface area contributed by atoms with Gasteiger partial charge in [0.15, 0.2) is 0 Å². The van der Waals surface area contributed by atoms with Crippen molar-refractivity contribution in [3.8, 4) is 0 Å². The van der Waals surface area contributed by atoms with E-state index in [-0.39, 0.29) is 11.1 Å². The number of fused-ring (bicyclic) bond motifs is 1. The molecule has 0 spiro atoms. The van der Waals surface area contributed by atoms with Gasteiger partial charge in [-0.2, -0.15) is 0 Å². The minimum absolute atomic E-state index is 0.155. The van der Waals surface area contributed by atoms with Crippen molar-refractivity contribution >= 4 is 17.6 Å². The molecule has 0 radical (unpaired) electrons. The van der Waals surface area contributed by atoms with Crippen LogP contribution in [0.5, 0.6) is 0 Å². The molecule has 0 aromatic heterocycles. The van der Waals surface area contributed by atoms with Gasteiger partial charge in [-0.25, -0.2) is 4.79 Å². The van der Waals surface area contributed by atoms with Gasteiger partial charge in [0.2, 0.25) is 0 Å². The molecule has 2 N–H and O–H groups in total. The molecule has 22 heavy (non-hydrogen) atoms. The number of nitrogens with one attached hydrogen (secondary N) is 1. The molecule has 0 saturated heterocycles. The number of carbonyl (C=O) groups is 2. The number of aliphatic hydroxyl groups is 1. The Kier molecular flexibility index (Phi) is 3.42. The fraction of sp³-hybridized carbons (Fsp3) is 0.176. The van der Waals surface area contributed by atoms with Crippen molar-refractivity contribution in [1.29, 1.82) is 0 Å². The number of anilines is 1. The third kappa shape index (κ3) is 2.25. The smallest absolute Gasteiger partial charge is 0.341 e. The van der Waals surface area contributed by atoms with Gasteiger partial charge in [-0.3, -0.25) is 4.79 Å². The Morgan fingerprint density at radius 1 is 1.18 bits per heavy atom. The molecule has 1 amide bonds. The second-order valence-corrected chi connectivity index (χ2v) is 5.08. The van der Waals surface area contributed by atoms with Crippen molar-refractivity contribution in [2.75, 3.05) is 5.32 Å². The maximum Gasteiger partial charge on any atom is 0.341 e. The van der Waals surface area contributed by atoms with Gasteiger partial charge >= 0.3 is 17.7 Å². The highest BCUT2D eigenvalue weighted by molar-refractivity contribution is 6.05. The highest BCUT2D eigenvalue weighted by atomic mass is 16.7. The topological polar surface area (TPSA) is 75.6 Å². The van der Waals surface area contributed by atoms with Crippen LogP contribution in [0.2, 0.25) is 0 Å². The van der Waals surface area contributed by atoms with Crippen LogP contribution in [-0.2, 0) is 21.7 Å². The van der Waals surface area contributed by atoms with Gasteiger partial charge in [-0.15, -0.1) is 0 Å². The van der Waals surface area contributed by atoms with Crippen molar-refractivity contribution in [2.45, 2.75) is 19.1 Å². The molecule has 2 aromatic carbocycles. The van der Waals surface area contributed by atoms with Crippen molar-refractivity contribution in [3.63, 3.8) is 0 Å². The van der Waals surface area contributed by atoms with E-state index in [2.05, 4.69) is 5.32 Å². The monoisotopic (exact) mass is 297 g/mol. The van der Waals surface area contributed by atoms with Crippen LogP contribution in [0, 0.1) is 0 Å². The number of hydrogen-bond acceptors (Lipinski definition) is 4. The van der Waals surface area contributed by atoms with Crippen molar-refractivity contribution in [1.82, 2.24) is 0 Å². The van der Waals surface area contributed by atoms with Crippen LogP contribution in [0.4, 0.5) is 5.69 Å². The first-order valence-corrected chi connectivity index (χ1v) is 7.00. The molecule has 3 rings (SSSR count). The summed E-state index contributed by atoms with van der Waals surface area (Å²) in [7, 11) is 0. The lowest BCUT2D eigenvalue weighted by Crippen LogP contribution is -2.40. The molecule has 1 aliphatic heterocycles. The number of hydrogen-bond donors (Lipinski definition) is 2. The average molecular weight is 297 g/mol. The number of ether oxygens (including phenoxy) is 1. The molecule has 0 bridgehead atoms. The number of cyclic esters (lactones) is 1. The summed E-state index contributed by atoms with van der Waals surface area (Å²) in [6.45, 7) is 2.03. The van der Waals surface area contributed by atoms with Gasteiger partial charge in [0, 0.05) is 11.3 Å². The summed E-state index contributed by atoms with van der Waals surface area (Å²) >= 11 is 0. The minimum atomic E-state index is -2.29. The molecule has 1 atom stereocenters. The normalized spacial score (nSPS) is 19.5. The fourth-order valence-electron chi connectivity index (χ4n) is 2.41. The number of benzene rings is 2. The zero-order valence-electron chi connectivity index (χ0n) is 12.0. The van der Waals surface area contributed by atoms with Crippen LogP contribution in [-0.4, -0.2) is 17.0 Å². The second-order valence-electron chi connectivity index (χ2n) is 5.08. The quantitative estimate of drug-likeness (QED) is 0.852. The van der Waals surface area contributed by atoms with E-state index in [1.54, 1.807) is 24.3 Å². The van der Waals surface area contributed by atoms with E-state index < -0.39 is 17.7 Å². The summed E-state index contributed by atoms with van der Waals surface area (Å²) in [4.78, 5) is 24.1. The van der Waals surface area contributed by atoms with E-state index in [1.165, 1.54) is 12.1 Å². The highest BCUT2D eigenvalue weighted by Crippen LogP contribution is 2.35. The summed E-state index contributed by atoms with van der Waals surface area (Å²) < 4.78 is 4.90. The Morgan fingerprint density at radius 3 is 2.55 bits per heavy atom. The Morgan fingerprint density at radius 2 is 1.86 bits per heavy atom. The van der Waals surface area contributed by atoms with Crippen molar-refractivity contribution < 1.29 is 19.4 Å². The molecule has 5 nitrogen and oxygen atoms in total. The maximum absolute atomic E-state index is 12.4. The zero-order valence-corrected chi connectivity index (χ0v) is 12.0.